The summed E-state index contributed by atoms with van der Waals surface area (Å²) < 4.78 is 10.5. The zero-order chi connectivity index (χ0) is 17.9. The molecule has 0 aliphatic carbocycles. The minimum absolute atomic E-state index is 0.833. The first-order chi connectivity index (χ1) is 12.7. The van der Waals surface area contributed by atoms with Gasteiger partial charge in [0.05, 0.1) is 36.6 Å². The van der Waals surface area contributed by atoms with E-state index in [0.717, 1.165) is 44.7 Å². The van der Waals surface area contributed by atoms with E-state index in [2.05, 4.69) is 9.97 Å². The van der Waals surface area contributed by atoms with Gasteiger partial charge in [-0.15, -0.1) is 0 Å². The lowest BCUT2D eigenvalue weighted by molar-refractivity contribution is 0.415. The molecule has 4 rings (SSSR count). The fourth-order valence-corrected chi connectivity index (χ4v) is 2.85. The summed E-state index contributed by atoms with van der Waals surface area (Å²) in [6, 6.07) is 19.8. The molecule has 0 aliphatic rings. The van der Waals surface area contributed by atoms with Crippen molar-refractivity contribution in [2.75, 3.05) is 14.2 Å². The van der Waals surface area contributed by atoms with Crippen LogP contribution in [-0.4, -0.2) is 24.2 Å². The molecule has 0 saturated carbocycles. The topological polar surface area (TPSA) is 44.2 Å². The lowest BCUT2D eigenvalue weighted by atomic mass is 10.1. The van der Waals surface area contributed by atoms with Gasteiger partial charge in [0, 0.05) is 10.8 Å². The highest BCUT2D eigenvalue weighted by Crippen LogP contribution is 2.22. The summed E-state index contributed by atoms with van der Waals surface area (Å²) in [5.41, 5.74) is 3.65. The van der Waals surface area contributed by atoms with Gasteiger partial charge in [-0.25, -0.2) is 9.97 Å². The van der Waals surface area contributed by atoms with Gasteiger partial charge in [0.15, 0.2) is 0 Å². The first-order valence-electron chi connectivity index (χ1n) is 8.33. The number of benzene rings is 2. The second kappa shape index (κ2) is 6.84. The number of hydrogen-bond acceptors (Lipinski definition) is 4. The molecule has 0 saturated heterocycles. The van der Waals surface area contributed by atoms with E-state index in [1.54, 1.807) is 14.2 Å². The third-order valence-electron chi connectivity index (χ3n) is 4.26. The Morgan fingerprint density at radius 2 is 1.08 bits per heavy atom. The number of methoxy groups -OCH3 is 2. The molecule has 2 heterocycles. The standard InChI is InChI=1S/C22H18N2O2/c1-25-19-9-11-21-15(13-19)3-5-17(23-21)7-8-18-6-4-16-14-20(26-2)10-12-22(16)24-18/h3-14H,1-2H3. The lowest BCUT2D eigenvalue weighted by Crippen LogP contribution is -1.87. The van der Waals surface area contributed by atoms with E-state index in [1.165, 1.54) is 0 Å². The van der Waals surface area contributed by atoms with Crippen LogP contribution in [-0.2, 0) is 0 Å². The molecule has 0 N–H and O–H groups in total. The Balaban J connectivity index is 1.62. The number of rotatable bonds is 4. The van der Waals surface area contributed by atoms with Crippen molar-refractivity contribution in [2.24, 2.45) is 0 Å². The Labute approximate surface area is 151 Å². The van der Waals surface area contributed by atoms with Gasteiger partial charge in [0.25, 0.3) is 0 Å². The molecule has 0 unspecified atom stereocenters. The van der Waals surface area contributed by atoms with Crippen molar-refractivity contribution >= 4 is 34.0 Å². The molecular formula is C22H18N2O2. The first kappa shape index (κ1) is 16.1. The fraction of sp³-hybridized carbons (Fsp3) is 0.0909. The number of ether oxygens (including phenoxy) is 2. The Morgan fingerprint density at radius 1 is 0.615 bits per heavy atom. The van der Waals surface area contributed by atoms with Crippen molar-refractivity contribution in [3.63, 3.8) is 0 Å². The summed E-state index contributed by atoms with van der Waals surface area (Å²) >= 11 is 0. The van der Waals surface area contributed by atoms with E-state index in [-0.39, 0.29) is 0 Å². The van der Waals surface area contributed by atoms with Crippen LogP contribution in [0.25, 0.3) is 34.0 Å². The minimum Gasteiger partial charge on any atom is -0.497 e. The largest absolute Gasteiger partial charge is 0.497 e. The minimum atomic E-state index is 0.833. The van der Waals surface area contributed by atoms with E-state index in [9.17, 15) is 0 Å². The molecule has 0 aliphatic heterocycles. The van der Waals surface area contributed by atoms with Crippen LogP contribution in [0.3, 0.4) is 0 Å². The third-order valence-corrected chi connectivity index (χ3v) is 4.26. The molecule has 0 bridgehead atoms. The van der Waals surface area contributed by atoms with Crippen LogP contribution in [0, 0.1) is 0 Å². The van der Waals surface area contributed by atoms with Crippen LogP contribution >= 0.6 is 0 Å². The molecule has 4 aromatic rings. The Bertz CT molecular complexity index is 1030. The van der Waals surface area contributed by atoms with Crippen LogP contribution in [0.2, 0.25) is 0 Å². The molecule has 26 heavy (non-hydrogen) atoms. The van der Waals surface area contributed by atoms with Gasteiger partial charge >= 0.3 is 0 Å². The summed E-state index contributed by atoms with van der Waals surface area (Å²) in [6.45, 7) is 0. The smallest absolute Gasteiger partial charge is 0.119 e. The van der Waals surface area contributed by atoms with Crippen molar-refractivity contribution in [2.45, 2.75) is 0 Å². The first-order valence-corrected chi connectivity index (χ1v) is 8.33. The van der Waals surface area contributed by atoms with Gasteiger partial charge in [0.1, 0.15) is 11.5 Å². The number of fused-ring (bicyclic) bond motifs is 2. The highest BCUT2D eigenvalue weighted by atomic mass is 16.5. The molecule has 0 fully saturated rings. The average molecular weight is 342 g/mol. The molecule has 0 spiro atoms. The zero-order valence-electron chi connectivity index (χ0n) is 14.6. The molecule has 0 amide bonds. The maximum atomic E-state index is 5.25. The van der Waals surface area contributed by atoms with Crippen LogP contribution < -0.4 is 9.47 Å². The van der Waals surface area contributed by atoms with Crippen LogP contribution in [0.15, 0.2) is 60.7 Å². The maximum absolute atomic E-state index is 5.25. The van der Waals surface area contributed by atoms with Crippen molar-refractivity contribution in [1.82, 2.24) is 9.97 Å². The summed E-state index contributed by atoms with van der Waals surface area (Å²) in [4.78, 5) is 9.33. The second-order valence-electron chi connectivity index (χ2n) is 5.92. The SMILES string of the molecule is COc1ccc2nc(C=Cc3ccc4cc(OC)ccc4n3)ccc2c1. The van der Waals surface area contributed by atoms with Crippen molar-refractivity contribution in [3.8, 4) is 11.5 Å². The van der Waals surface area contributed by atoms with Crippen molar-refractivity contribution < 1.29 is 9.47 Å². The van der Waals surface area contributed by atoms with Gasteiger partial charge in [-0.1, -0.05) is 12.1 Å². The van der Waals surface area contributed by atoms with E-state index in [0.29, 0.717) is 0 Å². The fourth-order valence-electron chi connectivity index (χ4n) is 2.85. The van der Waals surface area contributed by atoms with Gasteiger partial charge in [0.2, 0.25) is 0 Å². The zero-order valence-corrected chi connectivity index (χ0v) is 14.6. The van der Waals surface area contributed by atoms with Gasteiger partial charge < -0.3 is 9.47 Å². The average Bonchev–Trinajstić information content (AvgIpc) is 2.71. The van der Waals surface area contributed by atoms with Crippen LogP contribution in [0.1, 0.15) is 11.4 Å². The molecule has 2 aromatic heterocycles. The number of pyridine rings is 2. The molecule has 2 aromatic carbocycles. The van der Waals surface area contributed by atoms with Crippen LogP contribution in [0.4, 0.5) is 0 Å². The predicted molar refractivity (Wildman–Crippen MR) is 106 cm³/mol. The van der Waals surface area contributed by atoms with E-state index >= 15 is 0 Å². The molecule has 4 heteroatoms. The van der Waals surface area contributed by atoms with Gasteiger partial charge in [-0.05, 0) is 60.7 Å². The van der Waals surface area contributed by atoms with Crippen molar-refractivity contribution in [3.05, 3.63) is 72.1 Å². The highest BCUT2D eigenvalue weighted by molar-refractivity contribution is 5.84. The van der Waals surface area contributed by atoms with Gasteiger partial charge in [-0.2, -0.15) is 0 Å². The van der Waals surface area contributed by atoms with Gasteiger partial charge in [-0.3, -0.25) is 0 Å². The Morgan fingerprint density at radius 3 is 1.50 bits per heavy atom. The molecule has 0 radical (unpaired) electrons. The lowest BCUT2D eigenvalue weighted by Gasteiger charge is -2.03. The summed E-state index contributed by atoms with van der Waals surface area (Å²) in [6.07, 6.45) is 3.95. The summed E-state index contributed by atoms with van der Waals surface area (Å²) in [5, 5.41) is 2.11. The quantitative estimate of drug-likeness (QED) is 0.525. The van der Waals surface area contributed by atoms with Crippen LogP contribution in [0.5, 0.6) is 11.5 Å². The second-order valence-corrected chi connectivity index (χ2v) is 5.92. The van der Waals surface area contributed by atoms with Crippen molar-refractivity contribution in [1.29, 1.82) is 0 Å². The van der Waals surface area contributed by atoms with E-state index < -0.39 is 0 Å². The van der Waals surface area contributed by atoms with E-state index in [1.807, 2.05) is 72.8 Å². The Kier molecular flexibility index (Phi) is 4.23. The molecular weight excluding hydrogens is 324 g/mol. The highest BCUT2D eigenvalue weighted by Gasteiger charge is 2.01. The van der Waals surface area contributed by atoms with E-state index in [4.69, 9.17) is 9.47 Å². The third kappa shape index (κ3) is 3.22. The normalized spacial score (nSPS) is 11.3. The molecule has 0 atom stereocenters. The molecule has 128 valence electrons. The summed E-state index contributed by atoms with van der Waals surface area (Å²) in [7, 11) is 3.33. The number of aromatic nitrogens is 2. The molecule has 4 nitrogen and oxygen atoms in total. The Hall–Kier alpha value is -3.40. The predicted octanol–water partition coefficient (Wildman–Crippen LogP) is 4.97. The number of nitrogens with zero attached hydrogens (tertiary/aromatic N) is 2. The summed E-state index contributed by atoms with van der Waals surface area (Å²) in [5.74, 6) is 1.67. The maximum Gasteiger partial charge on any atom is 0.119 e. The number of hydrogen-bond donors (Lipinski definition) is 0. The monoisotopic (exact) mass is 342 g/mol.